The van der Waals surface area contributed by atoms with Gasteiger partial charge in [0.15, 0.2) is 5.96 Å². The lowest BCUT2D eigenvalue weighted by Crippen LogP contribution is -2.43. The van der Waals surface area contributed by atoms with E-state index in [1.807, 2.05) is 20.3 Å². The first kappa shape index (κ1) is 26.1. The molecule has 2 rings (SSSR count). The second kappa shape index (κ2) is 14.1. The quantitative estimate of drug-likeness (QED) is 0.208. The molecule has 1 fully saturated rings. The van der Waals surface area contributed by atoms with Gasteiger partial charge in [0.05, 0.1) is 11.0 Å². The van der Waals surface area contributed by atoms with E-state index in [9.17, 15) is 4.79 Å². The van der Waals surface area contributed by atoms with Gasteiger partial charge in [-0.15, -0.1) is 35.3 Å². The minimum Gasteiger partial charge on any atom is -0.357 e. The van der Waals surface area contributed by atoms with E-state index in [0.717, 1.165) is 70.8 Å². The second-order valence-corrected chi connectivity index (χ2v) is 8.49. The highest BCUT2D eigenvalue weighted by atomic mass is 127. The SMILES string of the molecule is CCNC(=NCCCN1CCCC1C(=O)N(C)C)NCCc1ncc(CC)s1.I. The number of amides is 1. The summed E-state index contributed by atoms with van der Waals surface area (Å²) in [5.74, 6) is 1.08. The minimum absolute atomic E-state index is 0. The molecule has 29 heavy (non-hydrogen) atoms. The molecule has 1 aromatic rings. The van der Waals surface area contributed by atoms with E-state index in [2.05, 4.69) is 39.4 Å². The highest BCUT2D eigenvalue weighted by Crippen LogP contribution is 2.18. The lowest BCUT2D eigenvalue weighted by molar-refractivity contribution is -0.133. The summed E-state index contributed by atoms with van der Waals surface area (Å²) in [5, 5.41) is 7.87. The predicted molar refractivity (Wildman–Crippen MR) is 132 cm³/mol. The zero-order chi connectivity index (χ0) is 20.4. The zero-order valence-electron chi connectivity index (χ0n) is 18.2. The average molecular weight is 537 g/mol. The number of carbonyl (C=O) groups is 1. The van der Waals surface area contributed by atoms with Crippen molar-refractivity contribution in [2.24, 2.45) is 4.99 Å². The third-order valence-corrected chi connectivity index (χ3v) is 6.09. The second-order valence-electron chi connectivity index (χ2n) is 7.29. The molecule has 1 aliphatic rings. The van der Waals surface area contributed by atoms with E-state index in [1.165, 1.54) is 9.88 Å². The maximum absolute atomic E-state index is 12.3. The van der Waals surface area contributed by atoms with E-state index in [0.29, 0.717) is 0 Å². The Balaban J connectivity index is 0.00000420. The monoisotopic (exact) mass is 536 g/mol. The number of rotatable bonds is 10. The molecule has 0 saturated carbocycles. The number of nitrogens with zero attached hydrogens (tertiary/aromatic N) is 4. The Bertz CT molecular complexity index is 636. The van der Waals surface area contributed by atoms with E-state index in [1.54, 1.807) is 16.2 Å². The fraction of sp³-hybridized carbons (Fsp3) is 0.750. The number of likely N-dealkylation sites (tertiary alicyclic amines) is 1. The van der Waals surface area contributed by atoms with Crippen LogP contribution < -0.4 is 10.6 Å². The molecule has 9 heteroatoms. The maximum Gasteiger partial charge on any atom is 0.239 e. The average Bonchev–Trinajstić information content (AvgIpc) is 3.33. The molecule has 0 radical (unpaired) electrons. The molecule has 0 aliphatic carbocycles. The fourth-order valence-electron chi connectivity index (χ4n) is 3.39. The number of likely N-dealkylation sites (N-methyl/N-ethyl adjacent to an activating group) is 1. The summed E-state index contributed by atoms with van der Waals surface area (Å²) >= 11 is 1.79. The van der Waals surface area contributed by atoms with Crippen LogP contribution >= 0.6 is 35.3 Å². The normalized spacial score (nSPS) is 17.1. The zero-order valence-corrected chi connectivity index (χ0v) is 21.4. The molecule has 1 aromatic heterocycles. The Morgan fingerprint density at radius 3 is 2.83 bits per heavy atom. The van der Waals surface area contributed by atoms with Gasteiger partial charge in [0.1, 0.15) is 0 Å². The van der Waals surface area contributed by atoms with Crippen molar-refractivity contribution in [2.75, 3.05) is 46.8 Å². The van der Waals surface area contributed by atoms with Crippen molar-refractivity contribution >= 4 is 47.2 Å². The van der Waals surface area contributed by atoms with Gasteiger partial charge in [-0.2, -0.15) is 0 Å². The fourth-order valence-corrected chi connectivity index (χ4v) is 4.25. The molecule has 1 amide bonds. The number of nitrogens with one attached hydrogen (secondary N) is 2. The van der Waals surface area contributed by atoms with Crippen molar-refractivity contribution < 1.29 is 4.79 Å². The molecule has 166 valence electrons. The summed E-state index contributed by atoms with van der Waals surface area (Å²) in [4.78, 5) is 26.8. The number of guanidine groups is 1. The molecule has 1 saturated heterocycles. The van der Waals surface area contributed by atoms with Gasteiger partial charge in [0.2, 0.25) is 5.91 Å². The van der Waals surface area contributed by atoms with Crippen LogP contribution in [-0.2, 0) is 17.6 Å². The first-order chi connectivity index (χ1) is 13.5. The molecule has 1 aliphatic heterocycles. The van der Waals surface area contributed by atoms with Crippen LogP contribution in [0.2, 0.25) is 0 Å². The van der Waals surface area contributed by atoms with Gasteiger partial charge in [-0.25, -0.2) is 4.98 Å². The lowest BCUT2D eigenvalue weighted by Gasteiger charge is -2.25. The van der Waals surface area contributed by atoms with Crippen LogP contribution in [0.15, 0.2) is 11.2 Å². The van der Waals surface area contributed by atoms with Crippen LogP contribution in [-0.4, -0.2) is 79.5 Å². The largest absolute Gasteiger partial charge is 0.357 e. The van der Waals surface area contributed by atoms with Crippen molar-refractivity contribution in [1.82, 2.24) is 25.4 Å². The van der Waals surface area contributed by atoms with Crippen LogP contribution in [0.3, 0.4) is 0 Å². The third-order valence-electron chi connectivity index (χ3n) is 4.89. The van der Waals surface area contributed by atoms with E-state index in [-0.39, 0.29) is 35.9 Å². The number of thiazole rings is 1. The molecular formula is C20H37IN6OS. The molecule has 0 aromatic carbocycles. The van der Waals surface area contributed by atoms with Crippen LogP contribution in [0.5, 0.6) is 0 Å². The smallest absolute Gasteiger partial charge is 0.239 e. The maximum atomic E-state index is 12.3. The van der Waals surface area contributed by atoms with Gasteiger partial charge in [-0.3, -0.25) is 14.7 Å². The van der Waals surface area contributed by atoms with Crippen LogP contribution in [0.1, 0.15) is 43.0 Å². The van der Waals surface area contributed by atoms with Gasteiger partial charge >= 0.3 is 0 Å². The van der Waals surface area contributed by atoms with Gasteiger partial charge in [0.25, 0.3) is 0 Å². The number of carbonyl (C=O) groups excluding carboxylic acids is 1. The van der Waals surface area contributed by atoms with Gasteiger partial charge in [0, 0.05) is 57.8 Å². The Labute approximate surface area is 196 Å². The summed E-state index contributed by atoms with van der Waals surface area (Å²) in [6.45, 7) is 8.60. The number of aliphatic imine (C=N–C) groups is 1. The molecular weight excluding hydrogens is 499 g/mol. The van der Waals surface area contributed by atoms with E-state index >= 15 is 0 Å². The van der Waals surface area contributed by atoms with Gasteiger partial charge in [-0.05, 0) is 39.2 Å². The number of aromatic nitrogens is 1. The summed E-state index contributed by atoms with van der Waals surface area (Å²) < 4.78 is 0. The molecule has 7 nitrogen and oxygen atoms in total. The standard InChI is InChI=1S/C20H36N6OS.HI/c1-5-16-15-24-18(28-16)10-12-23-20(21-6-2)22-11-8-14-26-13-7-9-17(26)19(27)25(3)4;/h15,17H,5-14H2,1-4H3,(H2,21,22,23);1H. The summed E-state index contributed by atoms with van der Waals surface area (Å²) in [7, 11) is 3.68. The van der Waals surface area contributed by atoms with Crippen molar-refractivity contribution in [3.05, 3.63) is 16.1 Å². The predicted octanol–water partition coefficient (Wildman–Crippen LogP) is 2.36. The van der Waals surface area contributed by atoms with Crippen molar-refractivity contribution in [2.45, 2.75) is 52.0 Å². The van der Waals surface area contributed by atoms with Crippen molar-refractivity contribution in [3.8, 4) is 0 Å². The first-order valence-electron chi connectivity index (χ1n) is 10.5. The number of hydrogen-bond acceptors (Lipinski definition) is 5. The summed E-state index contributed by atoms with van der Waals surface area (Å²) in [6.07, 6.45) is 6.98. The Kier molecular flexibility index (Phi) is 12.7. The number of halogens is 1. The van der Waals surface area contributed by atoms with Crippen LogP contribution in [0, 0.1) is 0 Å². The third kappa shape index (κ3) is 8.75. The molecule has 2 N–H and O–H groups in total. The topological polar surface area (TPSA) is 72.9 Å². The van der Waals surface area contributed by atoms with Gasteiger partial charge < -0.3 is 15.5 Å². The van der Waals surface area contributed by atoms with E-state index in [4.69, 9.17) is 0 Å². The van der Waals surface area contributed by atoms with E-state index < -0.39 is 0 Å². The van der Waals surface area contributed by atoms with Gasteiger partial charge in [-0.1, -0.05) is 6.92 Å². The van der Waals surface area contributed by atoms with Crippen molar-refractivity contribution in [1.29, 1.82) is 0 Å². The minimum atomic E-state index is 0. The number of aryl methyl sites for hydroxylation is 1. The first-order valence-corrected chi connectivity index (χ1v) is 11.3. The highest BCUT2D eigenvalue weighted by Gasteiger charge is 2.30. The lowest BCUT2D eigenvalue weighted by atomic mass is 10.2. The van der Waals surface area contributed by atoms with Crippen LogP contribution in [0.25, 0.3) is 0 Å². The Hall–Kier alpha value is -0.940. The molecule has 2 heterocycles. The van der Waals surface area contributed by atoms with Crippen molar-refractivity contribution in [3.63, 3.8) is 0 Å². The van der Waals surface area contributed by atoms with Crippen LogP contribution in [0.4, 0.5) is 0 Å². The highest BCUT2D eigenvalue weighted by molar-refractivity contribution is 14.0. The Morgan fingerprint density at radius 1 is 1.38 bits per heavy atom. The molecule has 1 unspecified atom stereocenters. The summed E-state index contributed by atoms with van der Waals surface area (Å²) in [6, 6.07) is 0.0525. The summed E-state index contributed by atoms with van der Waals surface area (Å²) in [5.41, 5.74) is 0. The molecule has 0 bridgehead atoms. The molecule has 0 spiro atoms. The Morgan fingerprint density at radius 2 is 2.17 bits per heavy atom. The number of hydrogen-bond donors (Lipinski definition) is 2. The molecule has 1 atom stereocenters.